The topological polar surface area (TPSA) is 104 Å². The summed E-state index contributed by atoms with van der Waals surface area (Å²) in [6.07, 6.45) is 0. The number of carbonyl (C=O) groups is 1. The largest absolute Gasteiger partial charge is 0.497 e. The monoisotopic (exact) mass is 615 g/mol. The number of anilines is 2. The van der Waals surface area contributed by atoms with Crippen LogP contribution in [0.3, 0.4) is 0 Å². The average molecular weight is 616 g/mol. The SMILES string of the molecule is COc1ccc(S(=O)(=O)Nc2ccccc2C(=O)NCCN2CCN(c3nc4cc(C)cc(C)c4s3)CC2)cc1.Cl. The van der Waals surface area contributed by atoms with Crippen LogP contribution in [0, 0.1) is 13.8 Å². The summed E-state index contributed by atoms with van der Waals surface area (Å²) >= 11 is 1.75. The Hall–Kier alpha value is -3.38. The maximum absolute atomic E-state index is 13.0. The number of hydrogen-bond acceptors (Lipinski definition) is 8. The molecule has 9 nitrogen and oxygen atoms in total. The minimum Gasteiger partial charge on any atom is -0.497 e. The number of aromatic nitrogens is 1. The molecule has 1 aromatic heterocycles. The molecule has 1 fully saturated rings. The van der Waals surface area contributed by atoms with Crippen LogP contribution in [0.25, 0.3) is 10.2 Å². The molecule has 5 rings (SSSR count). The summed E-state index contributed by atoms with van der Waals surface area (Å²) < 4.78 is 34.7. The van der Waals surface area contributed by atoms with Gasteiger partial charge in [0.1, 0.15) is 5.75 Å². The van der Waals surface area contributed by atoms with Crippen molar-refractivity contribution in [3.63, 3.8) is 0 Å². The Bertz CT molecular complexity index is 1620. The second kappa shape index (κ2) is 13.1. The quantitative estimate of drug-likeness (QED) is 0.281. The zero-order valence-corrected chi connectivity index (χ0v) is 25.7. The molecule has 0 saturated carbocycles. The van der Waals surface area contributed by atoms with E-state index in [-0.39, 0.29) is 34.5 Å². The van der Waals surface area contributed by atoms with E-state index in [0.29, 0.717) is 18.8 Å². The van der Waals surface area contributed by atoms with Crippen LogP contribution in [-0.4, -0.2) is 70.6 Å². The molecule has 3 aromatic carbocycles. The lowest BCUT2D eigenvalue weighted by molar-refractivity contribution is 0.0948. The van der Waals surface area contributed by atoms with Gasteiger partial charge < -0.3 is 15.0 Å². The molecule has 0 spiro atoms. The third-order valence-corrected chi connectivity index (χ3v) is 9.60. The number of rotatable bonds is 9. The standard InChI is InChI=1S/C29H33N5O4S2.ClH/c1-20-18-21(2)27-26(19-20)31-29(39-27)34-16-14-33(15-17-34)13-12-30-28(35)24-6-4-5-7-25(24)32-40(36,37)23-10-8-22(38-3)9-11-23;/h4-11,18-19,32H,12-17H2,1-3H3,(H,30,35);1H. The molecule has 0 aliphatic carbocycles. The molecule has 4 aromatic rings. The van der Waals surface area contributed by atoms with Crippen molar-refractivity contribution in [2.75, 3.05) is 56.0 Å². The number of thiazole rings is 1. The van der Waals surface area contributed by atoms with E-state index < -0.39 is 10.0 Å². The molecule has 12 heteroatoms. The van der Waals surface area contributed by atoms with Crippen molar-refractivity contribution in [3.8, 4) is 5.75 Å². The van der Waals surface area contributed by atoms with Crippen LogP contribution in [0.15, 0.2) is 65.6 Å². The van der Waals surface area contributed by atoms with Crippen LogP contribution in [0.2, 0.25) is 0 Å². The summed E-state index contributed by atoms with van der Waals surface area (Å²) in [6.45, 7) is 8.91. The Morgan fingerprint density at radius 1 is 1.02 bits per heavy atom. The van der Waals surface area contributed by atoms with E-state index in [1.54, 1.807) is 47.7 Å². The highest BCUT2D eigenvalue weighted by Gasteiger charge is 2.22. The second-order valence-corrected chi connectivity index (χ2v) is 12.5. The predicted octanol–water partition coefficient (Wildman–Crippen LogP) is 4.70. The molecule has 1 amide bonds. The molecule has 2 heterocycles. The molecule has 1 aliphatic rings. The van der Waals surface area contributed by atoms with Gasteiger partial charge in [-0.05, 0) is 67.4 Å². The maximum atomic E-state index is 13.0. The van der Waals surface area contributed by atoms with E-state index in [0.717, 1.165) is 36.8 Å². The maximum Gasteiger partial charge on any atom is 0.261 e. The number of halogens is 1. The number of nitrogens with one attached hydrogen (secondary N) is 2. The van der Waals surface area contributed by atoms with Gasteiger partial charge in [0.2, 0.25) is 0 Å². The number of nitrogens with zero attached hydrogens (tertiary/aromatic N) is 3. The van der Waals surface area contributed by atoms with Gasteiger partial charge in [-0.15, -0.1) is 12.4 Å². The summed E-state index contributed by atoms with van der Waals surface area (Å²) in [6, 6.07) is 17.0. The molecular formula is C29H34ClN5O4S2. The van der Waals surface area contributed by atoms with Crippen LogP contribution in [0.5, 0.6) is 5.75 Å². The van der Waals surface area contributed by atoms with Crippen molar-refractivity contribution >= 4 is 60.7 Å². The van der Waals surface area contributed by atoms with Crippen molar-refractivity contribution in [1.82, 2.24) is 15.2 Å². The number of amides is 1. The Labute approximate surface area is 251 Å². The number of fused-ring (bicyclic) bond motifs is 1. The van der Waals surface area contributed by atoms with Gasteiger partial charge in [0.25, 0.3) is 15.9 Å². The smallest absolute Gasteiger partial charge is 0.261 e. The zero-order chi connectivity index (χ0) is 28.3. The van der Waals surface area contributed by atoms with Crippen molar-refractivity contribution in [1.29, 1.82) is 0 Å². The fourth-order valence-electron chi connectivity index (χ4n) is 4.81. The van der Waals surface area contributed by atoms with Gasteiger partial charge in [-0.1, -0.05) is 29.5 Å². The van der Waals surface area contributed by atoms with Gasteiger partial charge in [0, 0.05) is 39.3 Å². The van der Waals surface area contributed by atoms with Crippen molar-refractivity contribution in [3.05, 3.63) is 77.4 Å². The van der Waals surface area contributed by atoms with E-state index in [1.165, 1.54) is 35.1 Å². The number of para-hydroxylation sites is 1. The fourth-order valence-corrected chi connectivity index (χ4v) is 6.96. The van der Waals surface area contributed by atoms with Crippen molar-refractivity contribution < 1.29 is 17.9 Å². The van der Waals surface area contributed by atoms with E-state index in [9.17, 15) is 13.2 Å². The highest BCUT2D eigenvalue weighted by atomic mass is 35.5. The molecule has 41 heavy (non-hydrogen) atoms. The number of carbonyl (C=O) groups excluding carboxylic acids is 1. The molecular weight excluding hydrogens is 582 g/mol. The lowest BCUT2D eigenvalue weighted by Crippen LogP contribution is -2.48. The van der Waals surface area contributed by atoms with Gasteiger partial charge >= 0.3 is 0 Å². The minimum atomic E-state index is -3.88. The molecule has 0 atom stereocenters. The number of aryl methyl sites for hydroxylation is 2. The molecule has 1 aliphatic heterocycles. The zero-order valence-electron chi connectivity index (χ0n) is 23.2. The number of hydrogen-bond donors (Lipinski definition) is 2. The third kappa shape index (κ3) is 7.10. The first-order chi connectivity index (χ1) is 19.2. The lowest BCUT2D eigenvalue weighted by atomic mass is 10.1. The summed E-state index contributed by atoms with van der Waals surface area (Å²) in [7, 11) is -2.36. The first-order valence-electron chi connectivity index (χ1n) is 13.1. The number of sulfonamides is 1. The van der Waals surface area contributed by atoms with E-state index in [1.807, 2.05) is 0 Å². The number of benzene rings is 3. The van der Waals surface area contributed by atoms with Crippen LogP contribution in [-0.2, 0) is 10.0 Å². The van der Waals surface area contributed by atoms with Crippen LogP contribution >= 0.6 is 23.7 Å². The van der Waals surface area contributed by atoms with Gasteiger partial charge in [-0.2, -0.15) is 0 Å². The van der Waals surface area contributed by atoms with E-state index in [2.05, 4.69) is 45.8 Å². The Kier molecular flexibility index (Phi) is 9.75. The van der Waals surface area contributed by atoms with E-state index >= 15 is 0 Å². The Balaban J connectivity index is 0.00000387. The van der Waals surface area contributed by atoms with E-state index in [4.69, 9.17) is 9.72 Å². The van der Waals surface area contributed by atoms with Gasteiger partial charge in [0.05, 0.1) is 33.5 Å². The number of methoxy groups -OCH3 is 1. The normalized spacial score (nSPS) is 14.0. The third-order valence-electron chi connectivity index (χ3n) is 6.95. The molecule has 0 bridgehead atoms. The first-order valence-corrected chi connectivity index (χ1v) is 15.4. The average Bonchev–Trinajstić information content (AvgIpc) is 3.38. The summed E-state index contributed by atoms with van der Waals surface area (Å²) in [5, 5.41) is 4.00. The van der Waals surface area contributed by atoms with Gasteiger partial charge in [-0.3, -0.25) is 14.4 Å². The fraction of sp³-hybridized carbons (Fsp3) is 0.310. The second-order valence-electron chi connectivity index (χ2n) is 9.84. The predicted molar refractivity (Wildman–Crippen MR) is 168 cm³/mol. The number of ether oxygens (including phenoxy) is 1. The first kappa shape index (κ1) is 30.6. The Morgan fingerprint density at radius 2 is 1.73 bits per heavy atom. The van der Waals surface area contributed by atoms with Gasteiger partial charge in [-0.25, -0.2) is 13.4 Å². The highest BCUT2D eigenvalue weighted by molar-refractivity contribution is 7.92. The summed E-state index contributed by atoms with van der Waals surface area (Å²) in [5.41, 5.74) is 4.06. The molecule has 1 saturated heterocycles. The van der Waals surface area contributed by atoms with Crippen molar-refractivity contribution in [2.24, 2.45) is 0 Å². The summed E-state index contributed by atoms with van der Waals surface area (Å²) in [5.74, 6) is 0.230. The van der Waals surface area contributed by atoms with Crippen LogP contribution in [0.1, 0.15) is 21.5 Å². The highest BCUT2D eigenvalue weighted by Crippen LogP contribution is 2.32. The van der Waals surface area contributed by atoms with Crippen LogP contribution in [0.4, 0.5) is 10.8 Å². The molecule has 0 radical (unpaired) electrons. The van der Waals surface area contributed by atoms with Gasteiger partial charge in [0.15, 0.2) is 5.13 Å². The Morgan fingerprint density at radius 3 is 2.44 bits per heavy atom. The number of piperazine rings is 1. The summed E-state index contributed by atoms with van der Waals surface area (Å²) in [4.78, 5) is 22.6. The van der Waals surface area contributed by atoms with Crippen molar-refractivity contribution in [2.45, 2.75) is 18.7 Å². The minimum absolute atomic E-state index is 0. The molecule has 218 valence electrons. The molecule has 0 unspecified atom stereocenters. The lowest BCUT2D eigenvalue weighted by Gasteiger charge is -2.34. The molecule has 2 N–H and O–H groups in total. The van der Waals surface area contributed by atoms with Crippen LogP contribution < -0.4 is 19.7 Å².